The van der Waals surface area contributed by atoms with Gasteiger partial charge in [0, 0.05) is 23.5 Å². The SMILES string of the molecule is CCCN(CCC)S(=O)(=O)c1cc(-c2nc(-c3ccccc3)no2)sc1C. The molecule has 0 atom stereocenters. The van der Waals surface area contributed by atoms with E-state index in [1.807, 2.05) is 51.1 Å². The van der Waals surface area contributed by atoms with Crippen molar-refractivity contribution in [1.82, 2.24) is 14.4 Å². The van der Waals surface area contributed by atoms with Gasteiger partial charge in [0.15, 0.2) is 0 Å². The predicted octanol–water partition coefficient (Wildman–Crippen LogP) is 4.58. The molecule has 0 aliphatic heterocycles. The highest BCUT2D eigenvalue weighted by molar-refractivity contribution is 7.89. The number of rotatable bonds is 8. The van der Waals surface area contributed by atoms with Crippen LogP contribution in [0.3, 0.4) is 0 Å². The van der Waals surface area contributed by atoms with Crippen LogP contribution in [0.15, 0.2) is 45.8 Å². The first-order valence-corrected chi connectivity index (χ1v) is 11.2. The van der Waals surface area contributed by atoms with Crippen molar-refractivity contribution >= 4 is 21.4 Å². The number of benzene rings is 1. The molecule has 0 fully saturated rings. The van der Waals surface area contributed by atoms with E-state index in [2.05, 4.69) is 10.1 Å². The molecule has 0 N–H and O–H groups in total. The molecule has 0 amide bonds. The van der Waals surface area contributed by atoms with Crippen LogP contribution in [0, 0.1) is 6.92 Å². The van der Waals surface area contributed by atoms with Gasteiger partial charge >= 0.3 is 0 Å². The van der Waals surface area contributed by atoms with E-state index in [4.69, 9.17) is 4.52 Å². The highest BCUT2D eigenvalue weighted by Gasteiger charge is 2.28. The van der Waals surface area contributed by atoms with Gasteiger partial charge in [-0.15, -0.1) is 11.3 Å². The maximum absolute atomic E-state index is 13.1. The van der Waals surface area contributed by atoms with Crippen molar-refractivity contribution in [3.05, 3.63) is 41.3 Å². The fourth-order valence-corrected chi connectivity index (χ4v) is 5.95. The van der Waals surface area contributed by atoms with Crippen LogP contribution >= 0.6 is 11.3 Å². The molecule has 0 radical (unpaired) electrons. The summed E-state index contributed by atoms with van der Waals surface area (Å²) in [5.74, 6) is 0.820. The summed E-state index contributed by atoms with van der Waals surface area (Å²) >= 11 is 1.35. The van der Waals surface area contributed by atoms with Crippen molar-refractivity contribution in [3.63, 3.8) is 0 Å². The van der Waals surface area contributed by atoms with E-state index in [1.54, 1.807) is 10.4 Å². The van der Waals surface area contributed by atoms with Gasteiger partial charge in [-0.1, -0.05) is 49.3 Å². The van der Waals surface area contributed by atoms with E-state index in [-0.39, 0.29) is 0 Å². The summed E-state index contributed by atoms with van der Waals surface area (Å²) in [4.78, 5) is 6.14. The van der Waals surface area contributed by atoms with Crippen LogP contribution in [0.4, 0.5) is 0 Å². The summed E-state index contributed by atoms with van der Waals surface area (Å²) in [7, 11) is -3.53. The van der Waals surface area contributed by atoms with Gasteiger partial charge in [0.1, 0.15) is 0 Å². The van der Waals surface area contributed by atoms with E-state index in [1.165, 1.54) is 11.3 Å². The van der Waals surface area contributed by atoms with E-state index >= 15 is 0 Å². The molecule has 2 heterocycles. The number of hydrogen-bond acceptors (Lipinski definition) is 6. The lowest BCUT2D eigenvalue weighted by Crippen LogP contribution is -2.32. The molecule has 0 aliphatic rings. The zero-order valence-corrected chi connectivity index (χ0v) is 17.3. The van der Waals surface area contributed by atoms with Gasteiger partial charge in [-0.25, -0.2) is 8.42 Å². The van der Waals surface area contributed by atoms with E-state index < -0.39 is 10.0 Å². The standard InChI is InChI=1S/C19H23N3O3S2/c1-4-11-22(12-5-2)27(23,24)17-13-16(26-14(17)3)19-20-18(21-25-19)15-9-7-6-8-10-15/h6-10,13H,4-5,11-12H2,1-3H3. The molecule has 0 bridgehead atoms. The van der Waals surface area contributed by atoms with Gasteiger partial charge in [0.05, 0.1) is 9.77 Å². The summed E-state index contributed by atoms with van der Waals surface area (Å²) in [6, 6.07) is 11.2. The number of nitrogens with zero attached hydrogens (tertiary/aromatic N) is 3. The average Bonchev–Trinajstić information content (AvgIpc) is 3.29. The molecule has 144 valence electrons. The lowest BCUT2D eigenvalue weighted by Gasteiger charge is -2.20. The van der Waals surface area contributed by atoms with Gasteiger partial charge in [-0.2, -0.15) is 9.29 Å². The second-order valence-electron chi connectivity index (χ2n) is 6.22. The Labute approximate surface area is 163 Å². The van der Waals surface area contributed by atoms with Gasteiger partial charge in [-0.3, -0.25) is 0 Å². The third kappa shape index (κ3) is 4.12. The number of hydrogen-bond donors (Lipinski definition) is 0. The summed E-state index contributed by atoms with van der Waals surface area (Å²) < 4.78 is 33.1. The molecular formula is C19H23N3O3S2. The van der Waals surface area contributed by atoms with Crippen LogP contribution in [0.1, 0.15) is 31.6 Å². The number of aryl methyl sites for hydroxylation is 1. The van der Waals surface area contributed by atoms with E-state index in [0.29, 0.717) is 34.6 Å². The Morgan fingerprint density at radius 3 is 2.41 bits per heavy atom. The minimum atomic E-state index is -3.53. The molecule has 8 heteroatoms. The zero-order valence-electron chi connectivity index (χ0n) is 15.7. The minimum Gasteiger partial charge on any atom is -0.333 e. The summed E-state index contributed by atoms with van der Waals surface area (Å²) in [6.07, 6.45) is 1.55. The van der Waals surface area contributed by atoms with Gasteiger partial charge in [0.2, 0.25) is 15.8 Å². The molecule has 0 unspecified atom stereocenters. The van der Waals surface area contributed by atoms with Crippen LogP contribution in [0.2, 0.25) is 0 Å². The summed E-state index contributed by atoms with van der Waals surface area (Å²) in [5.41, 5.74) is 0.852. The third-order valence-electron chi connectivity index (χ3n) is 4.10. The Morgan fingerprint density at radius 1 is 1.11 bits per heavy atom. The van der Waals surface area contributed by atoms with Crippen molar-refractivity contribution in [3.8, 4) is 22.2 Å². The quantitative estimate of drug-likeness (QED) is 0.548. The van der Waals surface area contributed by atoms with Crippen LogP contribution < -0.4 is 0 Å². The molecule has 1 aromatic carbocycles. The molecule has 0 aliphatic carbocycles. The lowest BCUT2D eigenvalue weighted by atomic mass is 10.2. The maximum atomic E-state index is 13.1. The van der Waals surface area contributed by atoms with Crippen molar-refractivity contribution in [1.29, 1.82) is 0 Å². The Bertz CT molecular complexity index is 988. The highest BCUT2D eigenvalue weighted by Crippen LogP contribution is 2.35. The van der Waals surface area contributed by atoms with Crippen LogP contribution in [-0.4, -0.2) is 36.0 Å². The van der Waals surface area contributed by atoms with Gasteiger partial charge in [-0.05, 0) is 25.8 Å². The normalized spacial score (nSPS) is 12.0. The molecule has 3 rings (SSSR count). The Kier molecular flexibility index (Phi) is 6.08. The van der Waals surface area contributed by atoms with Crippen LogP contribution in [-0.2, 0) is 10.0 Å². The molecule has 3 aromatic rings. The third-order valence-corrected chi connectivity index (χ3v) is 7.30. The van der Waals surface area contributed by atoms with Crippen molar-refractivity contribution in [2.75, 3.05) is 13.1 Å². The number of aromatic nitrogens is 2. The average molecular weight is 406 g/mol. The predicted molar refractivity (Wildman–Crippen MR) is 107 cm³/mol. The lowest BCUT2D eigenvalue weighted by molar-refractivity contribution is 0.410. The minimum absolute atomic E-state index is 0.323. The Hall–Kier alpha value is -2.03. The molecule has 6 nitrogen and oxygen atoms in total. The van der Waals surface area contributed by atoms with Crippen molar-refractivity contribution in [2.24, 2.45) is 0 Å². The van der Waals surface area contributed by atoms with Gasteiger partial charge in [0.25, 0.3) is 5.89 Å². The molecule has 2 aromatic heterocycles. The van der Waals surface area contributed by atoms with E-state index in [9.17, 15) is 8.42 Å². The topological polar surface area (TPSA) is 76.3 Å². The molecular weight excluding hydrogens is 382 g/mol. The first-order chi connectivity index (χ1) is 13.0. The Morgan fingerprint density at radius 2 is 1.78 bits per heavy atom. The monoisotopic (exact) mass is 405 g/mol. The first kappa shape index (κ1) is 19.7. The molecule has 0 spiro atoms. The Balaban J connectivity index is 1.94. The maximum Gasteiger partial charge on any atom is 0.268 e. The first-order valence-electron chi connectivity index (χ1n) is 8.97. The van der Waals surface area contributed by atoms with Crippen molar-refractivity contribution < 1.29 is 12.9 Å². The highest BCUT2D eigenvalue weighted by atomic mass is 32.2. The van der Waals surface area contributed by atoms with Crippen LogP contribution in [0.25, 0.3) is 22.2 Å². The largest absolute Gasteiger partial charge is 0.333 e. The fraction of sp³-hybridized carbons (Fsp3) is 0.368. The summed E-state index contributed by atoms with van der Waals surface area (Å²) in [5, 5.41) is 4.02. The summed E-state index contributed by atoms with van der Waals surface area (Å²) in [6.45, 7) is 6.80. The molecule has 27 heavy (non-hydrogen) atoms. The second-order valence-corrected chi connectivity index (χ2v) is 9.39. The number of thiophene rings is 1. The molecule has 0 saturated heterocycles. The zero-order chi connectivity index (χ0) is 19.4. The molecule has 0 saturated carbocycles. The van der Waals surface area contributed by atoms with Crippen LogP contribution in [0.5, 0.6) is 0 Å². The van der Waals surface area contributed by atoms with E-state index in [0.717, 1.165) is 23.3 Å². The smallest absolute Gasteiger partial charge is 0.268 e. The van der Waals surface area contributed by atoms with Crippen molar-refractivity contribution in [2.45, 2.75) is 38.5 Å². The van der Waals surface area contributed by atoms with Gasteiger partial charge < -0.3 is 4.52 Å². The second kappa shape index (κ2) is 8.33. The number of sulfonamides is 1. The fourth-order valence-electron chi connectivity index (χ4n) is 2.84.